The molecule has 7 nitrogen and oxygen atoms in total. The Morgan fingerprint density at radius 2 is 1.65 bits per heavy atom. The number of carbonyl (C=O) groups excluding carboxylic acids is 2. The summed E-state index contributed by atoms with van der Waals surface area (Å²) < 4.78 is 16.8. The number of aliphatic hydroxyl groups is 1. The summed E-state index contributed by atoms with van der Waals surface area (Å²) in [6.45, 7) is 6.46. The van der Waals surface area contributed by atoms with Crippen molar-refractivity contribution in [1.29, 1.82) is 0 Å². The summed E-state index contributed by atoms with van der Waals surface area (Å²) in [5.41, 5.74) is 2.13. The minimum atomic E-state index is -0.935. The van der Waals surface area contributed by atoms with E-state index in [-0.39, 0.29) is 11.3 Å². The van der Waals surface area contributed by atoms with Crippen LogP contribution in [0.15, 0.2) is 66.2 Å². The second-order valence-electron chi connectivity index (χ2n) is 8.41. The zero-order valence-electron chi connectivity index (χ0n) is 21.1. The number of carbonyl (C=O) groups is 2. The van der Waals surface area contributed by atoms with Gasteiger partial charge in [0.1, 0.15) is 11.5 Å². The van der Waals surface area contributed by atoms with Crippen molar-refractivity contribution >= 4 is 34.7 Å². The number of methoxy groups -OCH3 is 1. The Kier molecular flexibility index (Phi) is 7.74. The van der Waals surface area contributed by atoms with Crippen LogP contribution < -0.4 is 19.1 Å². The SMILES string of the molecule is CCOc1ccc(/C(O)=C2/C(=O)C(=O)N(c3cccc(Cl)c3)C2c2ccc(OC)c(OCC)c2)cc1C. The number of ether oxygens (including phenoxy) is 3. The van der Waals surface area contributed by atoms with E-state index in [4.69, 9.17) is 25.8 Å². The van der Waals surface area contributed by atoms with Crippen molar-refractivity contribution in [1.82, 2.24) is 0 Å². The topological polar surface area (TPSA) is 85.3 Å². The van der Waals surface area contributed by atoms with Crippen LogP contribution in [0.4, 0.5) is 5.69 Å². The van der Waals surface area contributed by atoms with E-state index in [1.54, 1.807) is 60.7 Å². The first-order chi connectivity index (χ1) is 17.8. The number of rotatable bonds is 8. The van der Waals surface area contributed by atoms with E-state index >= 15 is 0 Å². The van der Waals surface area contributed by atoms with Crippen molar-refractivity contribution in [3.8, 4) is 17.2 Å². The maximum Gasteiger partial charge on any atom is 0.300 e. The second-order valence-corrected chi connectivity index (χ2v) is 8.84. The van der Waals surface area contributed by atoms with Gasteiger partial charge in [-0.05, 0) is 80.4 Å². The third kappa shape index (κ3) is 5.00. The number of Topliss-reactive ketones (excluding diaryl/α,β-unsaturated/α-hetero) is 1. The van der Waals surface area contributed by atoms with Crippen LogP contribution in [0.25, 0.3) is 5.76 Å². The monoisotopic (exact) mass is 521 g/mol. The van der Waals surface area contributed by atoms with E-state index in [9.17, 15) is 14.7 Å². The molecule has 0 spiro atoms. The fraction of sp³-hybridized carbons (Fsp3) is 0.241. The molecular weight excluding hydrogens is 494 g/mol. The Morgan fingerprint density at radius 3 is 2.30 bits per heavy atom. The summed E-state index contributed by atoms with van der Waals surface area (Å²) in [6.07, 6.45) is 0. The zero-order valence-corrected chi connectivity index (χ0v) is 21.8. The van der Waals surface area contributed by atoms with Crippen LogP contribution in [-0.4, -0.2) is 37.1 Å². The third-order valence-corrected chi connectivity index (χ3v) is 6.32. The Hall–Kier alpha value is -3.97. The number of anilines is 1. The van der Waals surface area contributed by atoms with Gasteiger partial charge >= 0.3 is 0 Å². The highest BCUT2D eigenvalue weighted by atomic mass is 35.5. The molecule has 1 aliphatic heterocycles. The number of ketones is 1. The number of hydrogen-bond acceptors (Lipinski definition) is 6. The molecule has 8 heteroatoms. The third-order valence-electron chi connectivity index (χ3n) is 6.08. The molecule has 1 N–H and O–H groups in total. The average Bonchev–Trinajstić information content (AvgIpc) is 3.15. The van der Waals surface area contributed by atoms with E-state index in [2.05, 4.69) is 0 Å². The van der Waals surface area contributed by atoms with Gasteiger partial charge in [0.05, 0.1) is 31.9 Å². The molecule has 0 bridgehead atoms. The van der Waals surface area contributed by atoms with Crippen LogP contribution in [0.3, 0.4) is 0 Å². The maximum absolute atomic E-state index is 13.4. The van der Waals surface area contributed by atoms with Gasteiger partial charge in [-0.25, -0.2) is 0 Å². The van der Waals surface area contributed by atoms with Gasteiger partial charge in [0.25, 0.3) is 11.7 Å². The molecule has 0 radical (unpaired) electrons. The molecule has 4 rings (SSSR count). The van der Waals surface area contributed by atoms with Gasteiger partial charge in [-0.3, -0.25) is 14.5 Å². The van der Waals surface area contributed by atoms with Crippen molar-refractivity contribution in [2.24, 2.45) is 0 Å². The maximum atomic E-state index is 13.4. The minimum Gasteiger partial charge on any atom is -0.507 e. The lowest BCUT2D eigenvalue weighted by molar-refractivity contribution is -0.132. The van der Waals surface area contributed by atoms with E-state index in [0.717, 1.165) is 5.56 Å². The largest absolute Gasteiger partial charge is 0.507 e. The number of hydrogen-bond donors (Lipinski definition) is 1. The van der Waals surface area contributed by atoms with E-state index < -0.39 is 17.7 Å². The van der Waals surface area contributed by atoms with Crippen LogP contribution in [0, 0.1) is 6.92 Å². The second kappa shape index (κ2) is 11.0. The van der Waals surface area contributed by atoms with Crippen LogP contribution in [0.1, 0.15) is 36.6 Å². The summed E-state index contributed by atoms with van der Waals surface area (Å²) in [5, 5.41) is 11.8. The fourth-order valence-electron chi connectivity index (χ4n) is 4.44. The average molecular weight is 522 g/mol. The number of halogens is 1. The van der Waals surface area contributed by atoms with Crippen LogP contribution in [0.5, 0.6) is 17.2 Å². The zero-order chi connectivity index (χ0) is 26.7. The smallest absolute Gasteiger partial charge is 0.300 e. The number of aliphatic hydroxyl groups excluding tert-OH is 1. The van der Waals surface area contributed by atoms with E-state index in [1.165, 1.54) is 12.0 Å². The summed E-state index contributed by atoms with van der Waals surface area (Å²) in [6, 6.07) is 16.0. The molecule has 1 aliphatic rings. The van der Waals surface area contributed by atoms with Crippen molar-refractivity contribution in [3.63, 3.8) is 0 Å². The highest BCUT2D eigenvalue weighted by molar-refractivity contribution is 6.51. The van der Waals surface area contributed by atoms with Gasteiger partial charge in [-0.1, -0.05) is 23.7 Å². The van der Waals surface area contributed by atoms with Crippen molar-refractivity contribution < 1.29 is 28.9 Å². The lowest BCUT2D eigenvalue weighted by Gasteiger charge is -2.26. The number of aryl methyl sites for hydroxylation is 1. The van der Waals surface area contributed by atoms with Crippen LogP contribution in [-0.2, 0) is 9.59 Å². The quantitative estimate of drug-likeness (QED) is 0.220. The van der Waals surface area contributed by atoms with Gasteiger partial charge in [0, 0.05) is 16.3 Å². The minimum absolute atomic E-state index is 0.0406. The first kappa shape index (κ1) is 26.1. The predicted octanol–water partition coefficient (Wildman–Crippen LogP) is 6.08. The molecule has 192 valence electrons. The van der Waals surface area contributed by atoms with Crippen molar-refractivity contribution in [2.45, 2.75) is 26.8 Å². The molecule has 1 heterocycles. The van der Waals surface area contributed by atoms with Crippen LogP contribution in [0.2, 0.25) is 5.02 Å². The number of benzene rings is 3. The van der Waals surface area contributed by atoms with E-state index in [0.29, 0.717) is 52.3 Å². The van der Waals surface area contributed by atoms with Crippen molar-refractivity contribution in [3.05, 3.63) is 87.9 Å². The molecule has 1 amide bonds. The summed E-state index contributed by atoms with van der Waals surface area (Å²) >= 11 is 6.23. The van der Waals surface area contributed by atoms with E-state index in [1.807, 2.05) is 20.8 Å². The van der Waals surface area contributed by atoms with Crippen molar-refractivity contribution in [2.75, 3.05) is 25.2 Å². The molecule has 0 aliphatic carbocycles. The molecule has 1 fully saturated rings. The lowest BCUT2D eigenvalue weighted by atomic mass is 9.94. The number of nitrogens with zero attached hydrogens (tertiary/aromatic N) is 1. The predicted molar refractivity (Wildman–Crippen MR) is 143 cm³/mol. The first-order valence-corrected chi connectivity index (χ1v) is 12.3. The molecular formula is C29H28ClNO6. The summed E-state index contributed by atoms with van der Waals surface area (Å²) in [5.74, 6) is -0.226. The Bertz CT molecular complexity index is 1380. The van der Waals surface area contributed by atoms with Gasteiger partial charge < -0.3 is 19.3 Å². The fourth-order valence-corrected chi connectivity index (χ4v) is 4.63. The Morgan fingerprint density at radius 1 is 0.946 bits per heavy atom. The number of amides is 1. The van der Waals surface area contributed by atoms with Gasteiger partial charge in [-0.15, -0.1) is 0 Å². The van der Waals surface area contributed by atoms with Gasteiger partial charge in [0.15, 0.2) is 11.5 Å². The normalized spacial score (nSPS) is 16.7. The molecule has 3 aromatic rings. The molecule has 1 atom stereocenters. The van der Waals surface area contributed by atoms with Gasteiger partial charge in [-0.2, -0.15) is 0 Å². The highest BCUT2D eigenvalue weighted by Gasteiger charge is 2.47. The van der Waals surface area contributed by atoms with Gasteiger partial charge in [0.2, 0.25) is 0 Å². The van der Waals surface area contributed by atoms with Crippen LogP contribution >= 0.6 is 11.6 Å². The Balaban J connectivity index is 1.94. The molecule has 3 aromatic carbocycles. The summed E-state index contributed by atoms with van der Waals surface area (Å²) in [7, 11) is 1.53. The standard InChI is InChI=1S/C29H28ClNO6/c1-5-36-22-12-11-19(14-17(22)3)27(32)25-26(18-10-13-23(35-4)24(15-18)37-6-2)31(29(34)28(25)33)21-9-7-8-20(30)16-21/h7-16,26,32H,5-6H2,1-4H3/b27-25-. The highest BCUT2D eigenvalue weighted by Crippen LogP contribution is 2.44. The molecule has 1 unspecified atom stereocenters. The first-order valence-electron chi connectivity index (χ1n) is 11.9. The molecule has 1 saturated heterocycles. The summed E-state index contributed by atoms with van der Waals surface area (Å²) in [4.78, 5) is 28.2. The molecule has 37 heavy (non-hydrogen) atoms. The molecule has 0 aromatic heterocycles. The lowest BCUT2D eigenvalue weighted by Crippen LogP contribution is -2.29. The molecule has 0 saturated carbocycles. The Labute approximate surface area is 220 Å².